The van der Waals surface area contributed by atoms with Crippen molar-refractivity contribution < 1.29 is 9.53 Å². The largest absolute Gasteiger partial charge is 0.463 e. The van der Waals surface area contributed by atoms with Gasteiger partial charge in [0.05, 0.1) is 0 Å². The van der Waals surface area contributed by atoms with Crippen LogP contribution in [0, 0.1) is 0 Å². The van der Waals surface area contributed by atoms with E-state index < -0.39 is 0 Å². The van der Waals surface area contributed by atoms with E-state index in [0.29, 0.717) is 0 Å². The summed E-state index contributed by atoms with van der Waals surface area (Å²) < 4.78 is 6.05. The molecule has 0 bridgehead atoms. The van der Waals surface area contributed by atoms with E-state index in [-0.39, 0.29) is 12.1 Å². The fourth-order valence-corrected chi connectivity index (χ4v) is 2.66. The maximum absolute atomic E-state index is 10.8. The van der Waals surface area contributed by atoms with Gasteiger partial charge in [-0.3, -0.25) is 4.79 Å². The zero-order valence-electron chi connectivity index (χ0n) is 8.09. The molecule has 0 aromatic carbocycles. The molecule has 0 heterocycles. The average Bonchev–Trinajstić information content (AvgIpc) is 1.99. The summed E-state index contributed by atoms with van der Waals surface area (Å²) in [6, 6.07) is 0. The number of ether oxygens (including phenoxy) is 1. The van der Waals surface area contributed by atoms with Crippen molar-refractivity contribution in [2.24, 2.45) is 0 Å². The number of alkyl halides is 1. The van der Waals surface area contributed by atoms with Crippen LogP contribution in [0.3, 0.4) is 0 Å². The van der Waals surface area contributed by atoms with Crippen molar-refractivity contribution >= 4 is 28.6 Å². The molecule has 1 aliphatic carbocycles. The lowest BCUT2D eigenvalue weighted by Crippen LogP contribution is -2.19. The second kappa shape index (κ2) is 5.83. The normalized spacial score (nSPS) is 30.3. The summed E-state index contributed by atoms with van der Waals surface area (Å²) >= 11 is 2.52. The molecule has 0 atom stereocenters. The van der Waals surface area contributed by atoms with Gasteiger partial charge >= 0.3 is 5.97 Å². The van der Waals surface area contributed by atoms with E-state index in [4.69, 9.17) is 4.74 Å². The predicted octanol–water partition coefficient (Wildman–Crippen LogP) is 3.08. The van der Waals surface area contributed by atoms with Gasteiger partial charge in [-0.05, 0) is 38.5 Å². The molecule has 13 heavy (non-hydrogen) atoms. The third-order valence-electron chi connectivity index (χ3n) is 2.42. The van der Waals surface area contributed by atoms with E-state index in [1.807, 2.05) is 0 Å². The van der Waals surface area contributed by atoms with Crippen LogP contribution in [0.15, 0.2) is 0 Å². The second-order valence-corrected chi connectivity index (χ2v) is 5.45. The first-order chi connectivity index (χ1) is 6.18. The van der Waals surface area contributed by atoms with Crippen molar-refractivity contribution in [1.29, 1.82) is 0 Å². The molecule has 0 aliphatic heterocycles. The highest BCUT2D eigenvalue weighted by atomic mass is 127. The lowest BCUT2D eigenvalue weighted by atomic mass is 9.98. The van der Waals surface area contributed by atoms with Gasteiger partial charge < -0.3 is 4.74 Å². The Labute approximate surface area is 93.6 Å². The molecule has 0 spiro atoms. The molecule has 0 N–H and O–H groups in total. The van der Waals surface area contributed by atoms with Gasteiger partial charge in [0.1, 0.15) is 6.10 Å². The third kappa shape index (κ3) is 4.84. The van der Waals surface area contributed by atoms with E-state index in [9.17, 15) is 4.79 Å². The average molecular weight is 296 g/mol. The Morgan fingerprint density at radius 2 is 1.77 bits per heavy atom. The first-order valence-corrected chi connectivity index (χ1v) is 6.24. The van der Waals surface area contributed by atoms with Crippen molar-refractivity contribution in [1.82, 2.24) is 0 Å². The van der Waals surface area contributed by atoms with Crippen LogP contribution in [0.2, 0.25) is 0 Å². The highest BCUT2D eigenvalue weighted by molar-refractivity contribution is 14.1. The predicted molar refractivity (Wildman–Crippen MR) is 61.1 cm³/mol. The summed E-state index contributed by atoms with van der Waals surface area (Å²) in [5.41, 5.74) is 0. The second-order valence-electron chi connectivity index (χ2n) is 3.69. The molecule has 3 heteroatoms. The number of hydrogen-bond donors (Lipinski definition) is 0. The van der Waals surface area contributed by atoms with Gasteiger partial charge in [-0.2, -0.15) is 0 Å². The quantitative estimate of drug-likeness (QED) is 0.422. The van der Waals surface area contributed by atoms with Crippen LogP contribution in [0.1, 0.15) is 45.4 Å². The van der Waals surface area contributed by atoms with Crippen molar-refractivity contribution in [3.63, 3.8) is 0 Å². The standard InChI is InChI=1S/C10H17IO2/c1-8(12)13-10-6-2-4-9(11)5-3-7-10/h9-10H,2-7H2,1H3. The lowest BCUT2D eigenvalue weighted by Gasteiger charge is -2.21. The van der Waals surface area contributed by atoms with E-state index in [2.05, 4.69) is 22.6 Å². The molecule has 0 unspecified atom stereocenters. The van der Waals surface area contributed by atoms with Crippen LogP contribution < -0.4 is 0 Å². The fraction of sp³-hybridized carbons (Fsp3) is 0.900. The Balaban J connectivity index is 2.28. The number of esters is 1. The fourth-order valence-electron chi connectivity index (χ4n) is 1.78. The van der Waals surface area contributed by atoms with Crippen LogP contribution in [0.5, 0.6) is 0 Å². The van der Waals surface area contributed by atoms with E-state index in [0.717, 1.165) is 16.8 Å². The van der Waals surface area contributed by atoms with Crippen LogP contribution in [-0.2, 0) is 9.53 Å². The first kappa shape index (κ1) is 11.3. The minimum Gasteiger partial charge on any atom is -0.463 e. The van der Waals surface area contributed by atoms with Gasteiger partial charge in [-0.1, -0.05) is 22.6 Å². The third-order valence-corrected chi connectivity index (χ3v) is 3.67. The van der Waals surface area contributed by atoms with Gasteiger partial charge in [-0.25, -0.2) is 0 Å². The molecule has 1 saturated carbocycles. The molecule has 0 saturated heterocycles. The Morgan fingerprint density at radius 3 is 2.23 bits per heavy atom. The number of hydrogen-bond acceptors (Lipinski definition) is 2. The maximum Gasteiger partial charge on any atom is 0.302 e. The molecule has 0 radical (unpaired) electrons. The number of carbonyl (C=O) groups excluding carboxylic acids is 1. The van der Waals surface area contributed by atoms with E-state index in [1.165, 1.54) is 32.6 Å². The van der Waals surface area contributed by atoms with E-state index >= 15 is 0 Å². The van der Waals surface area contributed by atoms with Gasteiger partial charge in [0, 0.05) is 10.8 Å². The summed E-state index contributed by atoms with van der Waals surface area (Å²) in [5.74, 6) is -0.128. The SMILES string of the molecule is CC(=O)OC1CCCC(I)CCC1. The highest BCUT2D eigenvalue weighted by Gasteiger charge is 2.16. The molecule has 0 amide bonds. The Morgan fingerprint density at radius 1 is 1.23 bits per heavy atom. The highest BCUT2D eigenvalue weighted by Crippen LogP contribution is 2.24. The van der Waals surface area contributed by atoms with Gasteiger partial charge in [0.15, 0.2) is 0 Å². The smallest absolute Gasteiger partial charge is 0.302 e. The summed E-state index contributed by atoms with van der Waals surface area (Å²) in [5, 5.41) is 0. The summed E-state index contributed by atoms with van der Waals surface area (Å²) in [4.78, 5) is 10.8. The molecule has 1 fully saturated rings. The van der Waals surface area contributed by atoms with Gasteiger partial charge in [-0.15, -0.1) is 0 Å². The Bertz CT molecular complexity index is 160. The van der Waals surface area contributed by atoms with Crippen LogP contribution >= 0.6 is 22.6 Å². The maximum atomic E-state index is 10.8. The van der Waals surface area contributed by atoms with Crippen LogP contribution in [0.25, 0.3) is 0 Å². The Kier molecular flexibility index (Phi) is 5.06. The number of rotatable bonds is 1. The molecular weight excluding hydrogens is 279 g/mol. The number of carbonyl (C=O) groups is 1. The first-order valence-electron chi connectivity index (χ1n) is 5.00. The number of halogens is 1. The van der Waals surface area contributed by atoms with E-state index in [1.54, 1.807) is 0 Å². The summed E-state index contributed by atoms with van der Waals surface area (Å²) in [6.07, 6.45) is 7.26. The Hall–Kier alpha value is 0.200. The van der Waals surface area contributed by atoms with Crippen molar-refractivity contribution in [2.75, 3.05) is 0 Å². The van der Waals surface area contributed by atoms with Crippen molar-refractivity contribution in [2.45, 2.75) is 55.5 Å². The van der Waals surface area contributed by atoms with Crippen LogP contribution in [0.4, 0.5) is 0 Å². The van der Waals surface area contributed by atoms with Gasteiger partial charge in [0.2, 0.25) is 0 Å². The van der Waals surface area contributed by atoms with Crippen LogP contribution in [-0.4, -0.2) is 16.0 Å². The summed E-state index contributed by atoms with van der Waals surface area (Å²) in [7, 11) is 0. The van der Waals surface area contributed by atoms with Gasteiger partial charge in [0.25, 0.3) is 0 Å². The summed E-state index contributed by atoms with van der Waals surface area (Å²) in [6.45, 7) is 1.50. The van der Waals surface area contributed by atoms with Crippen molar-refractivity contribution in [3.05, 3.63) is 0 Å². The minimum absolute atomic E-state index is 0.128. The molecular formula is C10H17IO2. The van der Waals surface area contributed by atoms with Crippen molar-refractivity contribution in [3.8, 4) is 0 Å². The zero-order valence-corrected chi connectivity index (χ0v) is 10.2. The molecule has 2 nitrogen and oxygen atoms in total. The molecule has 76 valence electrons. The zero-order chi connectivity index (χ0) is 9.68. The lowest BCUT2D eigenvalue weighted by molar-refractivity contribution is -0.147. The molecule has 1 aliphatic rings. The molecule has 0 aromatic heterocycles. The monoisotopic (exact) mass is 296 g/mol. The molecule has 0 aromatic rings. The molecule has 1 rings (SSSR count). The minimum atomic E-state index is -0.128. The topological polar surface area (TPSA) is 26.3 Å².